The minimum Gasteiger partial charge on any atom is -0.474 e. The normalized spacial score (nSPS) is 19.2. The van der Waals surface area contributed by atoms with Crippen LogP contribution < -0.4 is 15.4 Å². The van der Waals surface area contributed by atoms with E-state index in [1.165, 1.54) is 12.1 Å². The van der Waals surface area contributed by atoms with E-state index in [2.05, 4.69) is 25.6 Å². The van der Waals surface area contributed by atoms with Crippen molar-refractivity contribution in [3.05, 3.63) is 48.2 Å². The zero-order valence-corrected chi connectivity index (χ0v) is 16.2. The molecule has 2 amide bonds. The quantitative estimate of drug-likeness (QED) is 0.519. The summed E-state index contributed by atoms with van der Waals surface area (Å²) in [5.41, 5.74) is 0.0589. The molecule has 0 unspecified atom stereocenters. The van der Waals surface area contributed by atoms with Crippen LogP contribution in [0.4, 0.5) is 28.0 Å². The van der Waals surface area contributed by atoms with Crippen LogP contribution in [0.5, 0.6) is 5.88 Å². The number of ether oxygens (including phenoxy) is 1. The fraction of sp³-hybridized carbons (Fsp3) is 0.350. The summed E-state index contributed by atoms with van der Waals surface area (Å²) in [6.07, 6.45) is 1.28. The summed E-state index contributed by atoms with van der Waals surface area (Å²) in [5, 5.41) is 6.03. The second-order valence-electron chi connectivity index (χ2n) is 7.32. The molecule has 4 rings (SSSR count). The number of anilines is 1. The van der Waals surface area contributed by atoms with Crippen LogP contribution >= 0.6 is 0 Å². The molecular formula is C20H19F4N5O2. The first kappa shape index (κ1) is 20.9. The van der Waals surface area contributed by atoms with E-state index >= 15 is 0 Å². The second kappa shape index (κ2) is 8.40. The van der Waals surface area contributed by atoms with Crippen molar-refractivity contribution in [3.8, 4) is 5.88 Å². The molecule has 11 heteroatoms. The van der Waals surface area contributed by atoms with Crippen LogP contribution in [0.2, 0.25) is 0 Å². The second-order valence-corrected chi connectivity index (χ2v) is 7.32. The summed E-state index contributed by atoms with van der Waals surface area (Å²) in [6, 6.07) is 2.93. The number of aromatic amines is 1. The molecule has 0 bridgehead atoms. The Hall–Kier alpha value is -3.37. The molecule has 1 fully saturated rings. The van der Waals surface area contributed by atoms with Gasteiger partial charge in [-0.3, -0.25) is 0 Å². The number of urea groups is 1. The lowest BCUT2D eigenvalue weighted by molar-refractivity contribution is -0.137. The van der Waals surface area contributed by atoms with Crippen LogP contribution in [0.3, 0.4) is 0 Å². The highest BCUT2D eigenvalue weighted by Gasteiger charge is 2.31. The molecule has 0 atom stereocenters. The standard InChI is InChI=1S/C20H19F4N5O2/c21-12-7-15-16(10-27-18(15)26-9-12)29-19(30)28-13-2-4-14(5-3-13)31-17-6-1-11(8-25-17)20(22,23)24/h1,6-10,13-14H,2-5H2,(H,26,27)(H2,28,29,30)/t13-,14+. The molecule has 7 nitrogen and oxygen atoms in total. The number of aromatic nitrogens is 3. The van der Waals surface area contributed by atoms with E-state index in [1.807, 2.05) is 0 Å². The number of alkyl halides is 3. The highest BCUT2D eigenvalue weighted by molar-refractivity contribution is 5.99. The molecule has 3 N–H and O–H groups in total. The molecule has 0 aromatic carbocycles. The lowest BCUT2D eigenvalue weighted by Gasteiger charge is -2.29. The number of fused-ring (bicyclic) bond motifs is 1. The van der Waals surface area contributed by atoms with Crippen LogP contribution in [-0.2, 0) is 6.18 Å². The number of H-pyrrole nitrogens is 1. The summed E-state index contributed by atoms with van der Waals surface area (Å²) in [5.74, 6) is -0.362. The average molecular weight is 437 g/mol. The van der Waals surface area contributed by atoms with Gasteiger partial charge in [-0.25, -0.2) is 19.2 Å². The van der Waals surface area contributed by atoms with Crippen LogP contribution in [-0.4, -0.2) is 33.1 Å². The van der Waals surface area contributed by atoms with Gasteiger partial charge in [0.1, 0.15) is 17.6 Å². The van der Waals surface area contributed by atoms with Crippen LogP contribution in [0.25, 0.3) is 11.0 Å². The predicted molar refractivity (Wildman–Crippen MR) is 104 cm³/mol. The van der Waals surface area contributed by atoms with Crippen molar-refractivity contribution in [1.29, 1.82) is 0 Å². The number of rotatable bonds is 4. The van der Waals surface area contributed by atoms with Gasteiger partial charge in [0.25, 0.3) is 0 Å². The SMILES string of the molecule is O=C(Nc1c[nH]c2ncc(F)cc12)N[C@H]1CC[C@@H](Oc2ccc(C(F)(F)F)cn2)CC1. The molecule has 164 valence electrons. The smallest absolute Gasteiger partial charge is 0.417 e. The van der Waals surface area contributed by atoms with Crippen LogP contribution in [0, 0.1) is 5.82 Å². The lowest BCUT2D eigenvalue weighted by atomic mass is 9.93. The Morgan fingerprint density at radius 3 is 2.58 bits per heavy atom. The van der Waals surface area contributed by atoms with E-state index in [1.54, 1.807) is 6.20 Å². The number of carbonyl (C=O) groups excluding carboxylic acids is 1. The Balaban J connectivity index is 1.26. The molecule has 3 aromatic heterocycles. The molecule has 0 radical (unpaired) electrons. The summed E-state index contributed by atoms with van der Waals surface area (Å²) < 4.78 is 56.9. The highest BCUT2D eigenvalue weighted by atomic mass is 19.4. The lowest BCUT2D eigenvalue weighted by Crippen LogP contribution is -2.41. The molecule has 31 heavy (non-hydrogen) atoms. The number of pyridine rings is 2. The van der Waals surface area contributed by atoms with Crippen molar-refractivity contribution in [2.24, 2.45) is 0 Å². The number of halogens is 4. The van der Waals surface area contributed by atoms with Gasteiger partial charge in [0.2, 0.25) is 5.88 Å². The first-order chi connectivity index (χ1) is 14.8. The van der Waals surface area contributed by atoms with Crippen molar-refractivity contribution in [3.63, 3.8) is 0 Å². The topological polar surface area (TPSA) is 91.9 Å². The molecule has 0 spiro atoms. The third kappa shape index (κ3) is 5.04. The fourth-order valence-electron chi connectivity index (χ4n) is 3.54. The molecular weight excluding hydrogens is 418 g/mol. The van der Waals surface area contributed by atoms with E-state index in [-0.39, 0.29) is 18.0 Å². The monoisotopic (exact) mass is 437 g/mol. The number of hydrogen-bond acceptors (Lipinski definition) is 4. The first-order valence-corrected chi connectivity index (χ1v) is 9.68. The van der Waals surface area contributed by atoms with Gasteiger partial charge in [-0.1, -0.05) is 0 Å². The third-order valence-electron chi connectivity index (χ3n) is 5.11. The molecule has 3 heterocycles. The number of nitrogens with zero attached hydrogens (tertiary/aromatic N) is 2. The molecule has 3 aromatic rings. The zero-order chi connectivity index (χ0) is 22.0. The minimum atomic E-state index is -4.44. The van der Waals surface area contributed by atoms with Crippen LogP contribution in [0.15, 0.2) is 36.8 Å². The molecule has 1 aliphatic rings. The molecule has 0 aliphatic heterocycles. The van der Waals surface area contributed by atoms with Gasteiger partial charge in [-0.2, -0.15) is 13.2 Å². The van der Waals surface area contributed by atoms with Crippen molar-refractivity contribution < 1.29 is 27.1 Å². The van der Waals surface area contributed by atoms with E-state index in [0.717, 1.165) is 18.5 Å². The maximum absolute atomic E-state index is 13.4. The third-order valence-corrected chi connectivity index (χ3v) is 5.11. The van der Waals surface area contributed by atoms with Gasteiger partial charge in [-0.05, 0) is 37.8 Å². The Morgan fingerprint density at radius 2 is 1.90 bits per heavy atom. The number of amides is 2. The van der Waals surface area contributed by atoms with Gasteiger partial charge in [-0.15, -0.1) is 0 Å². The van der Waals surface area contributed by atoms with E-state index in [0.29, 0.717) is 42.4 Å². The van der Waals surface area contributed by atoms with Crippen LogP contribution in [0.1, 0.15) is 31.2 Å². The number of nitrogens with one attached hydrogen (secondary N) is 3. The summed E-state index contributed by atoms with van der Waals surface area (Å²) in [7, 11) is 0. The van der Waals surface area contributed by atoms with E-state index in [9.17, 15) is 22.4 Å². The maximum Gasteiger partial charge on any atom is 0.417 e. The average Bonchev–Trinajstić information content (AvgIpc) is 3.11. The van der Waals surface area contributed by atoms with E-state index < -0.39 is 23.6 Å². The Morgan fingerprint density at radius 1 is 1.13 bits per heavy atom. The van der Waals surface area contributed by atoms with Crippen molar-refractivity contribution in [2.75, 3.05) is 5.32 Å². The van der Waals surface area contributed by atoms with Crippen molar-refractivity contribution in [1.82, 2.24) is 20.3 Å². The minimum absolute atomic E-state index is 0.0829. The Labute approximate surface area is 174 Å². The Bertz CT molecular complexity index is 1060. The fourth-order valence-corrected chi connectivity index (χ4v) is 3.54. The van der Waals surface area contributed by atoms with Gasteiger partial charge >= 0.3 is 12.2 Å². The molecule has 0 saturated heterocycles. The van der Waals surface area contributed by atoms with Gasteiger partial charge < -0.3 is 20.4 Å². The van der Waals surface area contributed by atoms with Gasteiger partial charge in [0.15, 0.2) is 0 Å². The summed E-state index contributed by atoms with van der Waals surface area (Å²) in [4.78, 5) is 22.8. The van der Waals surface area contributed by atoms with Gasteiger partial charge in [0, 0.05) is 29.9 Å². The highest BCUT2D eigenvalue weighted by Crippen LogP contribution is 2.30. The summed E-state index contributed by atoms with van der Waals surface area (Å²) >= 11 is 0. The Kier molecular flexibility index (Phi) is 5.66. The van der Waals surface area contributed by atoms with Crippen molar-refractivity contribution in [2.45, 2.75) is 44.0 Å². The number of carbonyl (C=O) groups is 1. The molecule has 1 aliphatic carbocycles. The first-order valence-electron chi connectivity index (χ1n) is 9.68. The van der Waals surface area contributed by atoms with E-state index in [4.69, 9.17) is 4.74 Å². The predicted octanol–water partition coefficient (Wildman–Crippen LogP) is 4.63. The zero-order valence-electron chi connectivity index (χ0n) is 16.2. The van der Waals surface area contributed by atoms with Gasteiger partial charge in [0.05, 0.1) is 17.4 Å². The molecule has 1 saturated carbocycles. The summed E-state index contributed by atoms with van der Waals surface area (Å²) in [6.45, 7) is 0. The maximum atomic E-state index is 13.4. The number of hydrogen-bond donors (Lipinski definition) is 3. The largest absolute Gasteiger partial charge is 0.474 e. The van der Waals surface area contributed by atoms with Crippen molar-refractivity contribution >= 4 is 22.8 Å².